The topological polar surface area (TPSA) is 37.4 Å². The number of aryl methyl sites for hydroxylation is 1. The largest absolute Gasteiger partial charge is 0.252 e. The molecule has 0 amide bonds. The standard InChI is InChI=1S/C12H19NO2S2/c1-10-4-5-11(16-10)17(14,15)13-8-6-12(2,3)7-9-13/h4-5H,6-9H2,1-3H3. The van der Waals surface area contributed by atoms with Gasteiger partial charge in [0.2, 0.25) is 0 Å². The summed E-state index contributed by atoms with van der Waals surface area (Å²) in [4.78, 5) is 1.04. The van der Waals surface area contributed by atoms with Crippen LogP contribution in [-0.2, 0) is 10.0 Å². The van der Waals surface area contributed by atoms with E-state index >= 15 is 0 Å². The van der Waals surface area contributed by atoms with Crippen LogP contribution in [0, 0.1) is 12.3 Å². The fourth-order valence-electron chi connectivity index (χ4n) is 2.01. The zero-order valence-corrected chi connectivity index (χ0v) is 12.2. The van der Waals surface area contributed by atoms with Crippen molar-refractivity contribution in [1.29, 1.82) is 0 Å². The van der Waals surface area contributed by atoms with Crippen LogP contribution in [0.2, 0.25) is 0 Å². The summed E-state index contributed by atoms with van der Waals surface area (Å²) in [5, 5.41) is 0. The van der Waals surface area contributed by atoms with E-state index in [4.69, 9.17) is 0 Å². The zero-order valence-electron chi connectivity index (χ0n) is 10.6. The van der Waals surface area contributed by atoms with Crippen LogP contribution in [0.5, 0.6) is 0 Å². The lowest BCUT2D eigenvalue weighted by atomic mass is 9.83. The first-order valence-corrected chi connectivity index (χ1v) is 8.14. The van der Waals surface area contributed by atoms with Gasteiger partial charge in [0, 0.05) is 18.0 Å². The Morgan fingerprint density at radius 2 is 1.82 bits per heavy atom. The summed E-state index contributed by atoms with van der Waals surface area (Å²) in [6, 6.07) is 3.58. The van der Waals surface area contributed by atoms with Gasteiger partial charge < -0.3 is 0 Å². The predicted octanol–water partition coefficient (Wildman–Crippen LogP) is 2.87. The molecule has 5 heteroatoms. The van der Waals surface area contributed by atoms with Crippen molar-refractivity contribution in [3.05, 3.63) is 17.0 Å². The highest BCUT2D eigenvalue weighted by Crippen LogP contribution is 2.33. The molecule has 0 unspecified atom stereocenters. The number of nitrogens with zero attached hydrogens (tertiary/aromatic N) is 1. The smallest absolute Gasteiger partial charge is 0.206 e. The summed E-state index contributed by atoms with van der Waals surface area (Å²) < 4.78 is 26.8. The molecule has 0 N–H and O–H groups in total. The SMILES string of the molecule is Cc1ccc(S(=O)(=O)N2CCC(C)(C)CC2)s1. The minimum absolute atomic E-state index is 0.275. The maximum atomic E-state index is 12.3. The third kappa shape index (κ3) is 2.72. The van der Waals surface area contributed by atoms with Gasteiger partial charge in [-0.2, -0.15) is 4.31 Å². The molecular formula is C12H19NO2S2. The highest BCUT2D eigenvalue weighted by molar-refractivity contribution is 7.91. The van der Waals surface area contributed by atoms with Crippen molar-refractivity contribution in [1.82, 2.24) is 4.31 Å². The molecule has 1 aliphatic heterocycles. The highest BCUT2D eigenvalue weighted by Gasteiger charge is 2.33. The summed E-state index contributed by atoms with van der Waals surface area (Å²) in [6.45, 7) is 7.63. The first-order chi connectivity index (χ1) is 7.81. The van der Waals surface area contributed by atoms with Crippen LogP contribution in [0.1, 0.15) is 31.6 Å². The molecule has 0 spiro atoms. The van der Waals surface area contributed by atoms with E-state index in [0.717, 1.165) is 17.7 Å². The van der Waals surface area contributed by atoms with Gasteiger partial charge >= 0.3 is 0 Å². The van der Waals surface area contributed by atoms with Gasteiger partial charge in [-0.05, 0) is 37.3 Å². The Bertz CT molecular complexity index is 492. The maximum absolute atomic E-state index is 12.3. The maximum Gasteiger partial charge on any atom is 0.252 e. The lowest BCUT2D eigenvalue weighted by Gasteiger charge is -2.35. The van der Waals surface area contributed by atoms with Crippen LogP contribution < -0.4 is 0 Å². The van der Waals surface area contributed by atoms with Gasteiger partial charge in [-0.25, -0.2) is 8.42 Å². The molecule has 1 aromatic heterocycles. The lowest BCUT2D eigenvalue weighted by molar-refractivity contribution is 0.196. The molecule has 0 saturated carbocycles. The molecular weight excluding hydrogens is 254 g/mol. The average Bonchev–Trinajstić information content (AvgIpc) is 2.65. The molecule has 2 heterocycles. The quantitative estimate of drug-likeness (QED) is 0.831. The van der Waals surface area contributed by atoms with Crippen molar-refractivity contribution in [2.75, 3.05) is 13.1 Å². The fraction of sp³-hybridized carbons (Fsp3) is 0.667. The number of hydrogen-bond acceptors (Lipinski definition) is 3. The van der Waals surface area contributed by atoms with E-state index in [0.29, 0.717) is 17.3 Å². The molecule has 1 saturated heterocycles. The minimum Gasteiger partial charge on any atom is -0.206 e. The first-order valence-electron chi connectivity index (χ1n) is 5.88. The van der Waals surface area contributed by atoms with Gasteiger partial charge in [-0.1, -0.05) is 13.8 Å². The monoisotopic (exact) mass is 273 g/mol. The normalized spacial score (nSPS) is 21.6. The van der Waals surface area contributed by atoms with Crippen molar-refractivity contribution in [2.24, 2.45) is 5.41 Å². The molecule has 0 atom stereocenters. The van der Waals surface area contributed by atoms with Crippen molar-refractivity contribution in [3.63, 3.8) is 0 Å². The van der Waals surface area contributed by atoms with Crippen molar-refractivity contribution < 1.29 is 8.42 Å². The predicted molar refractivity (Wildman–Crippen MR) is 70.8 cm³/mol. The van der Waals surface area contributed by atoms with Gasteiger partial charge in [0.1, 0.15) is 4.21 Å². The van der Waals surface area contributed by atoms with Gasteiger partial charge in [0.15, 0.2) is 0 Å². The molecule has 96 valence electrons. The second-order valence-corrected chi connectivity index (χ2v) is 8.89. The van der Waals surface area contributed by atoms with E-state index in [-0.39, 0.29) is 5.41 Å². The Kier molecular flexibility index (Phi) is 3.36. The summed E-state index contributed by atoms with van der Waals surface area (Å²) in [7, 11) is -3.24. The lowest BCUT2D eigenvalue weighted by Crippen LogP contribution is -2.40. The number of thiophene rings is 1. The molecule has 0 bridgehead atoms. The third-order valence-corrected chi connectivity index (χ3v) is 6.75. The molecule has 3 nitrogen and oxygen atoms in total. The van der Waals surface area contributed by atoms with Gasteiger partial charge in [0.25, 0.3) is 10.0 Å². The van der Waals surface area contributed by atoms with Gasteiger partial charge in [-0.15, -0.1) is 11.3 Å². The Hall–Kier alpha value is -0.390. The Morgan fingerprint density at radius 1 is 1.24 bits per heavy atom. The molecule has 0 aromatic carbocycles. The van der Waals surface area contributed by atoms with Crippen molar-refractivity contribution >= 4 is 21.4 Å². The van der Waals surface area contributed by atoms with E-state index in [1.165, 1.54) is 11.3 Å². The number of hydrogen-bond donors (Lipinski definition) is 0. The van der Waals surface area contributed by atoms with Crippen LogP contribution >= 0.6 is 11.3 Å². The average molecular weight is 273 g/mol. The molecule has 17 heavy (non-hydrogen) atoms. The fourth-order valence-corrected chi connectivity index (χ4v) is 4.89. The zero-order chi connectivity index (χ0) is 12.7. The van der Waals surface area contributed by atoms with Crippen LogP contribution in [0.3, 0.4) is 0 Å². The van der Waals surface area contributed by atoms with E-state index in [1.54, 1.807) is 10.4 Å². The van der Waals surface area contributed by atoms with E-state index < -0.39 is 10.0 Å². The third-order valence-electron chi connectivity index (χ3n) is 3.39. The van der Waals surface area contributed by atoms with E-state index in [2.05, 4.69) is 13.8 Å². The number of sulfonamides is 1. The second kappa shape index (κ2) is 4.37. The Labute approximate surface area is 108 Å². The van der Waals surface area contributed by atoms with E-state index in [9.17, 15) is 8.42 Å². The van der Waals surface area contributed by atoms with Crippen LogP contribution in [0.15, 0.2) is 16.3 Å². The number of piperidine rings is 1. The first kappa shape index (κ1) is 13.1. The summed E-state index contributed by atoms with van der Waals surface area (Å²) in [5.74, 6) is 0. The molecule has 1 fully saturated rings. The number of rotatable bonds is 2. The Morgan fingerprint density at radius 3 is 2.29 bits per heavy atom. The van der Waals surface area contributed by atoms with Crippen LogP contribution in [0.25, 0.3) is 0 Å². The summed E-state index contributed by atoms with van der Waals surface area (Å²) >= 11 is 1.36. The Balaban J connectivity index is 2.18. The van der Waals surface area contributed by atoms with Gasteiger partial charge in [-0.3, -0.25) is 0 Å². The molecule has 0 aliphatic carbocycles. The molecule has 1 aromatic rings. The van der Waals surface area contributed by atoms with Crippen LogP contribution in [-0.4, -0.2) is 25.8 Å². The second-order valence-electron chi connectivity index (χ2n) is 5.43. The van der Waals surface area contributed by atoms with Crippen molar-refractivity contribution in [2.45, 2.75) is 37.8 Å². The summed E-state index contributed by atoms with van der Waals surface area (Å²) in [5.41, 5.74) is 0.275. The highest BCUT2D eigenvalue weighted by atomic mass is 32.2. The van der Waals surface area contributed by atoms with Crippen molar-refractivity contribution in [3.8, 4) is 0 Å². The van der Waals surface area contributed by atoms with Crippen LogP contribution in [0.4, 0.5) is 0 Å². The summed E-state index contributed by atoms with van der Waals surface area (Å²) in [6.07, 6.45) is 1.88. The van der Waals surface area contributed by atoms with Gasteiger partial charge in [0.05, 0.1) is 0 Å². The minimum atomic E-state index is -3.24. The molecule has 0 radical (unpaired) electrons. The molecule has 1 aliphatic rings. The van der Waals surface area contributed by atoms with E-state index in [1.807, 2.05) is 13.0 Å². The molecule has 2 rings (SSSR count).